The molecule has 32 heavy (non-hydrogen) atoms. The van der Waals surface area contributed by atoms with Gasteiger partial charge in [0.05, 0.1) is 28.4 Å². The molecule has 3 heterocycles. The zero-order chi connectivity index (χ0) is 22.8. The van der Waals surface area contributed by atoms with Crippen LogP contribution in [-0.2, 0) is 11.3 Å². The van der Waals surface area contributed by atoms with E-state index in [-0.39, 0.29) is 18.4 Å². The maximum atomic E-state index is 10.7. The number of nitrogens with zero attached hydrogens (tertiary/aromatic N) is 5. The van der Waals surface area contributed by atoms with Crippen molar-refractivity contribution in [3.8, 4) is 28.7 Å². The number of hydrogen-bond donors (Lipinski definition) is 1. The van der Waals surface area contributed by atoms with Gasteiger partial charge in [0.25, 0.3) is 5.89 Å². The smallest absolute Gasteiger partial charge is 0.303 e. The number of carboxylic acids is 1. The number of aromatic nitrogens is 5. The summed E-state index contributed by atoms with van der Waals surface area (Å²) in [5.74, 6) is 0.0440. The Labute approximate surface area is 192 Å². The SMILES string of the molecule is CC(C)Oc1ncc(-c2nc(-c3cc4cnn(CCCC(=O)O)c4cc3Cl)no2)cc1Cl. The Balaban J connectivity index is 1.60. The van der Waals surface area contributed by atoms with Crippen LogP contribution >= 0.6 is 23.2 Å². The minimum absolute atomic E-state index is 0.0561. The Kier molecular flexibility index (Phi) is 6.29. The van der Waals surface area contributed by atoms with Gasteiger partial charge in [0, 0.05) is 30.1 Å². The first kappa shape index (κ1) is 22.0. The topological polar surface area (TPSA) is 116 Å². The molecule has 0 spiro atoms. The molecular formula is C21H19Cl2N5O4. The van der Waals surface area contributed by atoms with Crippen molar-refractivity contribution < 1.29 is 19.2 Å². The molecule has 1 N–H and O–H groups in total. The fraction of sp³-hybridized carbons (Fsp3) is 0.286. The highest BCUT2D eigenvalue weighted by molar-refractivity contribution is 6.34. The van der Waals surface area contributed by atoms with Crippen LogP contribution in [0.5, 0.6) is 5.88 Å². The van der Waals surface area contributed by atoms with Gasteiger partial charge < -0.3 is 14.4 Å². The fourth-order valence-corrected chi connectivity index (χ4v) is 3.59. The van der Waals surface area contributed by atoms with Crippen LogP contribution in [0.1, 0.15) is 26.7 Å². The summed E-state index contributed by atoms with van der Waals surface area (Å²) >= 11 is 12.7. The lowest BCUT2D eigenvalue weighted by atomic mass is 10.1. The first-order chi connectivity index (χ1) is 15.3. The van der Waals surface area contributed by atoms with Crippen LogP contribution in [-0.4, -0.2) is 42.1 Å². The van der Waals surface area contributed by atoms with Gasteiger partial charge in [-0.3, -0.25) is 9.48 Å². The van der Waals surface area contributed by atoms with Gasteiger partial charge in [0.1, 0.15) is 5.02 Å². The number of pyridine rings is 1. The highest BCUT2D eigenvalue weighted by atomic mass is 35.5. The number of rotatable bonds is 8. The van der Waals surface area contributed by atoms with E-state index in [9.17, 15) is 4.79 Å². The molecule has 0 fully saturated rings. The van der Waals surface area contributed by atoms with E-state index in [0.717, 1.165) is 10.9 Å². The van der Waals surface area contributed by atoms with Gasteiger partial charge in [-0.2, -0.15) is 10.1 Å². The average molecular weight is 476 g/mol. The first-order valence-corrected chi connectivity index (χ1v) is 10.6. The minimum Gasteiger partial charge on any atom is -0.481 e. The van der Waals surface area contributed by atoms with E-state index < -0.39 is 5.97 Å². The lowest BCUT2D eigenvalue weighted by Crippen LogP contribution is -2.07. The van der Waals surface area contributed by atoms with E-state index in [0.29, 0.717) is 45.8 Å². The van der Waals surface area contributed by atoms with Crippen LogP contribution in [0.25, 0.3) is 33.7 Å². The van der Waals surface area contributed by atoms with Crippen LogP contribution in [0.2, 0.25) is 10.0 Å². The third kappa shape index (κ3) is 4.68. The minimum atomic E-state index is -0.840. The monoisotopic (exact) mass is 475 g/mol. The Hall–Kier alpha value is -3.17. The van der Waals surface area contributed by atoms with E-state index in [1.165, 1.54) is 0 Å². The van der Waals surface area contributed by atoms with Gasteiger partial charge in [-0.05, 0) is 38.5 Å². The lowest BCUT2D eigenvalue weighted by molar-refractivity contribution is -0.137. The number of benzene rings is 1. The van der Waals surface area contributed by atoms with Gasteiger partial charge in [-0.15, -0.1) is 0 Å². The van der Waals surface area contributed by atoms with Crippen LogP contribution in [0.15, 0.2) is 35.1 Å². The van der Waals surface area contributed by atoms with Crippen molar-refractivity contribution in [3.05, 3.63) is 40.6 Å². The van der Waals surface area contributed by atoms with Crippen molar-refractivity contribution >= 4 is 40.1 Å². The van der Waals surface area contributed by atoms with Crippen LogP contribution in [0.4, 0.5) is 0 Å². The summed E-state index contributed by atoms with van der Waals surface area (Å²) in [7, 11) is 0. The molecule has 0 aliphatic carbocycles. The number of carboxylic acid groups (broad SMARTS) is 1. The molecule has 0 aliphatic rings. The maximum Gasteiger partial charge on any atom is 0.303 e. The van der Waals surface area contributed by atoms with Crippen molar-refractivity contribution in [1.82, 2.24) is 24.9 Å². The quantitative estimate of drug-likeness (QED) is 0.373. The van der Waals surface area contributed by atoms with Crippen molar-refractivity contribution in [2.24, 2.45) is 0 Å². The second-order valence-corrected chi connectivity index (χ2v) is 8.17. The largest absolute Gasteiger partial charge is 0.481 e. The summed E-state index contributed by atoms with van der Waals surface area (Å²) in [6.07, 6.45) is 3.72. The molecule has 0 unspecified atom stereocenters. The van der Waals surface area contributed by atoms with Gasteiger partial charge in [-0.1, -0.05) is 28.4 Å². The summed E-state index contributed by atoms with van der Waals surface area (Å²) in [5, 5.41) is 18.8. The molecular weight excluding hydrogens is 457 g/mol. The normalized spacial score (nSPS) is 11.4. The first-order valence-electron chi connectivity index (χ1n) is 9.85. The highest BCUT2D eigenvalue weighted by Crippen LogP contribution is 2.33. The van der Waals surface area contributed by atoms with Crippen LogP contribution < -0.4 is 4.74 Å². The van der Waals surface area contributed by atoms with Gasteiger partial charge >= 0.3 is 5.97 Å². The molecule has 0 radical (unpaired) electrons. The van der Waals surface area contributed by atoms with E-state index in [1.54, 1.807) is 29.2 Å². The fourth-order valence-electron chi connectivity index (χ4n) is 3.13. The Morgan fingerprint density at radius 1 is 1.22 bits per heavy atom. The van der Waals surface area contributed by atoms with E-state index in [4.69, 9.17) is 37.6 Å². The van der Waals surface area contributed by atoms with Crippen molar-refractivity contribution in [1.29, 1.82) is 0 Å². The maximum absolute atomic E-state index is 10.7. The molecule has 0 bridgehead atoms. The Morgan fingerprint density at radius 2 is 2.03 bits per heavy atom. The molecule has 0 saturated heterocycles. The number of fused-ring (bicyclic) bond motifs is 1. The lowest BCUT2D eigenvalue weighted by Gasteiger charge is -2.09. The number of hydrogen-bond acceptors (Lipinski definition) is 7. The number of ether oxygens (including phenoxy) is 1. The molecule has 0 amide bonds. The Bertz CT molecular complexity index is 1280. The van der Waals surface area contributed by atoms with Crippen molar-refractivity contribution in [2.75, 3.05) is 0 Å². The Morgan fingerprint density at radius 3 is 2.75 bits per heavy atom. The van der Waals surface area contributed by atoms with Crippen molar-refractivity contribution in [3.63, 3.8) is 0 Å². The molecule has 4 rings (SSSR count). The molecule has 1 aromatic carbocycles. The van der Waals surface area contributed by atoms with E-state index in [2.05, 4.69) is 20.2 Å². The second kappa shape index (κ2) is 9.13. The molecule has 11 heteroatoms. The van der Waals surface area contributed by atoms with Gasteiger partial charge in [-0.25, -0.2) is 4.98 Å². The third-order valence-electron chi connectivity index (χ3n) is 4.56. The number of aliphatic carboxylic acids is 1. The summed E-state index contributed by atoms with van der Waals surface area (Å²) in [5.41, 5.74) is 1.93. The average Bonchev–Trinajstić information content (AvgIpc) is 3.36. The van der Waals surface area contributed by atoms with Crippen LogP contribution in [0.3, 0.4) is 0 Å². The molecule has 3 aromatic heterocycles. The molecule has 0 aliphatic heterocycles. The van der Waals surface area contributed by atoms with Gasteiger partial charge in [0.2, 0.25) is 11.7 Å². The molecule has 166 valence electrons. The molecule has 0 atom stereocenters. The molecule has 0 saturated carbocycles. The van der Waals surface area contributed by atoms with Crippen molar-refractivity contribution in [2.45, 2.75) is 39.3 Å². The molecule has 4 aromatic rings. The van der Waals surface area contributed by atoms with E-state index in [1.807, 2.05) is 19.9 Å². The third-order valence-corrected chi connectivity index (χ3v) is 5.14. The highest BCUT2D eigenvalue weighted by Gasteiger charge is 2.17. The summed E-state index contributed by atoms with van der Waals surface area (Å²) < 4.78 is 12.7. The zero-order valence-corrected chi connectivity index (χ0v) is 18.8. The number of carbonyl (C=O) groups is 1. The zero-order valence-electron chi connectivity index (χ0n) is 17.2. The predicted octanol–water partition coefficient (Wildman–Crippen LogP) is 5.11. The standard InChI is InChI=1S/C21H19Cl2N5O4/c1-11(2)31-21-16(23)7-13(9-24-21)20-26-19(27-32-20)14-6-12-10-25-28(5-3-4-18(29)30)17(12)8-15(14)22/h6-11H,3-5H2,1-2H3,(H,29,30). The number of halogens is 2. The van der Waals surface area contributed by atoms with Gasteiger partial charge in [0.15, 0.2) is 0 Å². The predicted molar refractivity (Wildman–Crippen MR) is 119 cm³/mol. The van der Waals surface area contributed by atoms with E-state index >= 15 is 0 Å². The summed E-state index contributed by atoms with van der Waals surface area (Å²) in [4.78, 5) is 19.4. The molecule has 9 nitrogen and oxygen atoms in total. The second-order valence-electron chi connectivity index (χ2n) is 7.36. The van der Waals surface area contributed by atoms with Crippen LogP contribution in [0, 0.1) is 0 Å². The summed E-state index contributed by atoms with van der Waals surface area (Å²) in [6.45, 7) is 4.25. The number of aryl methyl sites for hydroxylation is 1. The summed E-state index contributed by atoms with van der Waals surface area (Å²) in [6, 6.07) is 5.22.